The Hall–Kier alpha value is -1.44. The van der Waals surface area contributed by atoms with Gasteiger partial charge in [-0.25, -0.2) is 0 Å². The van der Waals surface area contributed by atoms with Crippen LogP contribution in [0.3, 0.4) is 0 Å². The molecule has 0 radical (unpaired) electrons. The van der Waals surface area contributed by atoms with Gasteiger partial charge in [0.25, 0.3) is 5.91 Å². The summed E-state index contributed by atoms with van der Waals surface area (Å²) in [6, 6.07) is 2.15. The zero-order valence-electron chi connectivity index (χ0n) is 12.4. The van der Waals surface area contributed by atoms with Crippen molar-refractivity contribution in [1.29, 1.82) is 0 Å². The summed E-state index contributed by atoms with van der Waals surface area (Å²) in [4.78, 5) is 12.2. The first-order valence-electron chi connectivity index (χ1n) is 6.57. The molecule has 130 valence electrons. The van der Waals surface area contributed by atoms with Crippen LogP contribution in [-0.2, 0) is 13.2 Å². The number of nitrogens with zero attached hydrogens (tertiary/aromatic N) is 2. The topological polar surface area (TPSA) is 46.9 Å². The van der Waals surface area contributed by atoms with Gasteiger partial charge in [0.05, 0.1) is 21.7 Å². The third kappa shape index (κ3) is 3.96. The number of halogens is 6. The van der Waals surface area contributed by atoms with E-state index in [9.17, 15) is 18.0 Å². The molecule has 0 spiro atoms. The highest BCUT2D eigenvalue weighted by molar-refractivity contribution is 6.43. The molecule has 1 amide bonds. The maximum absolute atomic E-state index is 12.9. The van der Waals surface area contributed by atoms with Crippen LogP contribution in [0, 0.1) is 0 Å². The van der Waals surface area contributed by atoms with E-state index in [1.807, 2.05) is 0 Å². The molecule has 0 saturated carbocycles. The molecule has 0 saturated heterocycles. The molecule has 1 aromatic heterocycles. The minimum atomic E-state index is -4.74. The van der Waals surface area contributed by atoms with Crippen molar-refractivity contribution >= 4 is 40.7 Å². The number of amides is 1. The van der Waals surface area contributed by atoms with Gasteiger partial charge in [0, 0.05) is 18.3 Å². The van der Waals surface area contributed by atoms with Crippen molar-refractivity contribution in [3.63, 3.8) is 0 Å². The monoisotopic (exact) mass is 399 g/mol. The second-order valence-electron chi connectivity index (χ2n) is 5.05. The molecule has 1 atom stereocenters. The number of nitrogens with one attached hydrogen (secondary N) is 1. The van der Waals surface area contributed by atoms with Crippen molar-refractivity contribution in [1.82, 2.24) is 15.1 Å². The number of rotatable bonds is 3. The third-order valence-electron chi connectivity index (χ3n) is 3.20. The first-order valence-corrected chi connectivity index (χ1v) is 7.70. The van der Waals surface area contributed by atoms with Crippen molar-refractivity contribution < 1.29 is 18.0 Å². The van der Waals surface area contributed by atoms with E-state index in [0.717, 1.165) is 10.9 Å². The first kappa shape index (κ1) is 18.9. The van der Waals surface area contributed by atoms with Crippen molar-refractivity contribution in [3.8, 4) is 0 Å². The summed E-state index contributed by atoms with van der Waals surface area (Å²) >= 11 is 17.8. The molecule has 24 heavy (non-hydrogen) atoms. The minimum Gasteiger partial charge on any atom is -0.345 e. The van der Waals surface area contributed by atoms with Gasteiger partial charge in [-0.1, -0.05) is 34.8 Å². The number of hydrogen-bond acceptors (Lipinski definition) is 2. The van der Waals surface area contributed by atoms with Gasteiger partial charge in [-0.2, -0.15) is 18.3 Å². The average molecular weight is 401 g/mol. The van der Waals surface area contributed by atoms with Gasteiger partial charge >= 0.3 is 6.18 Å². The minimum absolute atomic E-state index is 0.217. The van der Waals surface area contributed by atoms with E-state index in [1.54, 1.807) is 6.92 Å². The van der Waals surface area contributed by atoms with Crippen LogP contribution in [-0.4, -0.2) is 15.7 Å². The molecule has 1 unspecified atom stereocenters. The fraction of sp³-hybridized carbons (Fsp3) is 0.286. The van der Waals surface area contributed by atoms with Crippen LogP contribution in [0.1, 0.15) is 34.6 Å². The second-order valence-corrected chi connectivity index (χ2v) is 6.27. The van der Waals surface area contributed by atoms with Crippen molar-refractivity contribution in [3.05, 3.63) is 50.2 Å². The Morgan fingerprint density at radius 3 is 2.38 bits per heavy atom. The molecule has 0 fully saturated rings. The lowest BCUT2D eigenvalue weighted by atomic mass is 10.1. The molecule has 2 rings (SSSR count). The van der Waals surface area contributed by atoms with Crippen LogP contribution in [0.4, 0.5) is 13.2 Å². The van der Waals surface area contributed by atoms with E-state index in [-0.39, 0.29) is 15.1 Å². The van der Waals surface area contributed by atoms with E-state index in [4.69, 9.17) is 34.8 Å². The van der Waals surface area contributed by atoms with Gasteiger partial charge in [-0.15, -0.1) is 0 Å². The van der Waals surface area contributed by atoms with Gasteiger partial charge in [-0.05, 0) is 24.6 Å². The highest BCUT2D eigenvalue weighted by Gasteiger charge is 2.39. The van der Waals surface area contributed by atoms with Crippen molar-refractivity contribution in [2.45, 2.75) is 19.1 Å². The molecular formula is C14H11Cl3F3N3O. The van der Waals surface area contributed by atoms with Crippen LogP contribution >= 0.6 is 34.8 Å². The lowest BCUT2D eigenvalue weighted by Gasteiger charge is -2.17. The largest absolute Gasteiger partial charge is 0.435 e. The predicted molar refractivity (Wildman–Crippen MR) is 85.6 cm³/mol. The smallest absolute Gasteiger partial charge is 0.345 e. The number of hydrogen-bond donors (Lipinski definition) is 1. The SMILES string of the molecule is CC(NC(=O)c1cn(C)nc1C(F)(F)F)c1cc(Cl)c(Cl)cc1Cl. The molecular weight excluding hydrogens is 390 g/mol. The molecule has 0 aliphatic rings. The van der Waals surface area contributed by atoms with Crippen LogP contribution in [0.25, 0.3) is 0 Å². The average Bonchev–Trinajstić information content (AvgIpc) is 2.85. The van der Waals surface area contributed by atoms with E-state index < -0.39 is 29.4 Å². The lowest BCUT2D eigenvalue weighted by Crippen LogP contribution is -2.28. The fourth-order valence-electron chi connectivity index (χ4n) is 2.09. The Balaban J connectivity index is 2.29. The predicted octanol–water partition coefficient (Wildman–Crippen LogP) is 4.89. The Morgan fingerprint density at radius 1 is 1.21 bits per heavy atom. The number of alkyl halides is 3. The number of carbonyl (C=O) groups is 1. The van der Waals surface area contributed by atoms with Gasteiger partial charge in [0.2, 0.25) is 0 Å². The normalized spacial score (nSPS) is 13.0. The Morgan fingerprint density at radius 2 is 1.79 bits per heavy atom. The summed E-state index contributed by atoms with van der Waals surface area (Å²) < 4.78 is 39.7. The van der Waals surface area contributed by atoms with E-state index >= 15 is 0 Å². The quantitative estimate of drug-likeness (QED) is 0.746. The zero-order chi connectivity index (χ0) is 18.2. The molecule has 0 bridgehead atoms. The maximum Gasteiger partial charge on any atom is 0.435 e. The van der Waals surface area contributed by atoms with E-state index in [2.05, 4.69) is 10.4 Å². The Bertz CT molecular complexity index is 790. The molecule has 1 N–H and O–H groups in total. The van der Waals surface area contributed by atoms with Crippen LogP contribution in [0.2, 0.25) is 15.1 Å². The zero-order valence-corrected chi connectivity index (χ0v) is 14.6. The highest BCUT2D eigenvalue weighted by atomic mass is 35.5. The van der Waals surface area contributed by atoms with E-state index in [1.165, 1.54) is 19.2 Å². The molecule has 2 aromatic rings. The summed E-state index contributed by atoms with van der Waals surface area (Å²) in [6.45, 7) is 1.56. The molecule has 0 aliphatic carbocycles. The molecule has 10 heteroatoms. The summed E-state index contributed by atoms with van der Waals surface area (Å²) in [7, 11) is 1.30. The standard InChI is InChI=1S/C14H11Cl3F3N3O/c1-6(7-3-10(16)11(17)4-9(7)15)21-13(24)8-5-23(2)22-12(8)14(18,19)20/h3-6H,1-2H3,(H,21,24). The third-order valence-corrected chi connectivity index (χ3v) is 4.25. The van der Waals surface area contributed by atoms with Gasteiger partial charge in [0.15, 0.2) is 5.69 Å². The van der Waals surface area contributed by atoms with Crippen LogP contribution in [0.5, 0.6) is 0 Å². The number of benzene rings is 1. The summed E-state index contributed by atoms with van der Waals surface area (Å²) in [5.74, 6) is -0.926. The van der Waals surface area contributed by atoms with Gasteiger partial charge < -0.3 is 5.32 Å². The summed E-state index contributed by atoms with van der Waals surface area (Å²) in [5, 5.41) is 6.42. The van der Waals surface area contributed by atoms with Gasteiger partial charge in [-0.3, -0.25) is 9.48 Å². The van der Waals surface area contributed by atoms with Crippen molar-refractivity contribution in [2.75, 3.05) is 0 Å². The van der Waals surface area contributed by atoms with Crippen LogP contribution < -0.4 is 5.32 Å². The molecule has 0 aliphatic heterocycles. The summed E-state index contributed by atoms with van der Waals surface area (Å²) in [6.07, 6.45) is -3.74. The number of aryl methyl sites for hydroxylation is 1. The molecule has 4 nitrogen and oxygen atoms in total. The number of carbonyl (C=O) groups excluding carboxylic acids is 1. The maximum atomic E-state index is 12.9. The van der Waals surface area contributed by atoms with Gasteiger partial charge in [0.1, 0.15) is 0 Å². The number of aromatic nitrogens is 2. The summed E-state index contributed by atoms with van der Waals surface area (Å²) in [5.41, 5.74) is -1.40. The Labute approximate surface area is 150 Å². The first-order chi connectivity index (χ1) is 11.0. The lowest BCUT2D eigenvalue weighted by molar-refractivity contribution is -0.141. The van der Waals surface area contributed by atoms with E-state index in [0.29, 0.717) is 5.56 Å². The highest BCUT2D eigenvalue weighted by Crippen LogP contribution is 2.33. The molecule has 1 aromatic carbocycles. The van der Waals surface area contributed by atoms with Crippen molar-refractivity contribution in [2.24, 2.45) is 7.05 Å². The molecule has 1 heterocycles. The fourth-order valence-corrected chi connectivity index (χ4v) is 2.80. The Kier molecular flexibility index (Phi) is 5.37. The second kappa shape index (κ2) is 6.82. The van der Waals surface area contributed by atoms with Crippen LogP contribution in [0.15, 0.2) is 18.3 Å².